The number of nitrogens with one attached hydrogen (secondary N) is 1. The van der Waals surface area contributed by atoms with Crippen LogP contribution in [0.3, 0.4) is 0 Å². The van der Waals surface area contributed by atoms with E-state index in [1.807, 2.05) is 6.07 Å². The molecule has 0 heterocycles. The number of methoxy groups -OCH3 is 1. The second-order valence-electron chi connectivity index (χ2n) is 4.82. The van der Waals surface area contributed by atoms with E-state index in [2.05, 4.69) is 5.32 Å². The van der Waals surface area contributed by atoms with E-state index in [0.29, 0.717) is 17.5 Å². The molecular weight excluding hydrogens is 240 g/mol. The molecule has 0 atom stereocenters. The molecular formula is C15H20N2O2. The summed E-state index contributed by atoms with van der Waals surface area (Å²) >= 11 is 0. The fourth-order valence-corrected chi connectivity index (χ4v) is 2.35. The molecule has 1 saturated carbocycles. The lowest BCUT2D eigenvalue weighted by Gasteiger charge is -2.09. The molecule has 2 rings (SSSR count). The fraction of sp³-hybridized carbons (Fsp3) is 0.400. The van der Waals surface area contributed by atoms with Crippen molar-refractivity contribution in [3.05, 3.63) is 29.8 Å². The molecule has 1 aromatic carbocycles. The summed E-state index contributed by atoms with van der Waals surface area (Å²) in [5.41, 5.74) is 7.27. The molecule has 1 amide bonds. The molecule has 0 aliphatic heterocycles. The molecule has 0 bridgehead atoms. The molecule has 19 heavy (non-hydrogen) atoms. The van der Waals surface area contributed by atoms with E-state index >= 15 is 0 Å². The highest BCUT2D eigenvalue weighted by Gasteiger charge is 2.15. The molecule has 1 fully saturated rings. The molecule has 0 saturated heterocycles. The van der Waals surface area contributed by atoms with Gasteiger partial charge in [0, 0.05) is 12.1 Å². The molecule has 1 aromatic rings. The summed E-state index contributed by atoms with van der Waals surface area (Å²) in [5, 5.41) is 3.00. The summed E-state index contributed by atoms with van der Waals surface area (Å²) in [6.07, 6.45) is 7.93. The molecule has 0 unspecified atom stereocenters. The van der Waals surface area contributed by atoms with Gasteiger partial charge in [-0.2, -0.15) is 0 Å². The zero-order valence-electron chi connectivity index (χ0n) is 11.2. The highest BCUT2D eigenvalue weighted by molar-refractivity contribution is 5.92. The van der Waals surface area contributed by atoms with Crippen LogP contribution in [0, 0.1) is 0 Å². The first-order chi connectivity index (χ1) is 9.19. The maximum Gasteiger partial charge on any atom is 0.244 e. The highest BCUT2D eigenvalue weighted by atomic mass is 16.5. The zero-order valence-corrected chi connectivity index (χ0v) is 11.2. The zero-order chi connectivity index (χ0) is 13.7. The number of anilines is 1. The van der Waals surface area contributed by atoms with Crippen molar-refractivity contribution in [1.82, 2.24) is 5.32 Å². The predicted octanol–water partition coefficient (Wildman–Crippen LogP) is 2.35. The topological polar surface area (TPSA) is 64.3 Å². The monoisotopic (exact) mass is 260 g/mol. The van der Waals surface area contributed by atoms with E-state index in [-0.39, 0.29) is 5.91 Å². The van der Waals surface area contributed by atoms with Crippen molar-refractivity contribution in [1.29, 1.82) is 0 Å². The van der Waals surface area contributed by atoms with Crippen LogP contribution in [0.2, 0.25) is 0 Å². The van der Waals surface area contributed by atoms with Gasteiger partial charge in [-0.15, -0.1) is 0 Å². The van der Waals surface area contributed by atoms with Crippen LogP contribution in [-0.2, 0) is 4.79 Å². The Morgan fingerprint density at radius 3 is 2.79 bits per heavy atom. The Bertz CT molecular complexity index is 477. The van der Waals surface area contributed by atoms with Gasteiger partial charge in [0.1, 0.15) is 5.75 Å². The summed E-state index contributed by atoms with van der Waals surface area (Å²) in [6, 6.07) is 5.80. The molecule has 4 heteroatoms. The summed E-state index contributed by atoms with van der Waals surface area (Å²) in [6.45, 7) is 0. The van der Waals surface area contributed by atoms with Gasteiger partial charge in [0.05, 0.1) is 12.8 Å². The number of carbonyl (C=O) groups excluding carboxylic acids is 1. The first-order valence-corrected chi connectivity index (χ1v) is 6.61. The minimum atomic E-state index is -0.0405. The van der Waals surface area contributed by atoms with Gasteiger partial charge >= 0.3 is 0 Å². The van der Waals surface area contributed by atoms with Gasteiger partial charge in [-0.25, -0.2) is 0 Å². The van der Waals surface area contributed by atoms with E-state index in [1.54, 1.807) is 31.4 Å². The summed E-state index contributed by atoms with van der Waals surface area (Å²) in [7, 11) is 1.58. The molecule has 1 aliphatic rings. The normalized spacial score (nSPS) is 15.8. The van der Waals surface area contributed by atoms with Crippen molar-refractivity contribution in [3.8, 4) is 5.75 Å². The number of benzene rings is 1. The smallest absolute Gasteiger partial charge is 0.244 e. The Kier molecular flexibility index (Phi) is 4.44. The predicted molar refractivity (Wildman–Crippen MR) is 76.8 cm³/mol. The molecule has 3 N–H and O–H groups in total. The summed E-state index contributed by atoms with van der Waals surface area (Å²) < 4.78 is 5.09. The van der Waals surface area contributed by atoms with Crippen molar-refractivity contribution in [3.63, 3.8) is 0 Å². The van der Waals surface area contributed by atoms with Crippen molar-refractivity contribution >= 4 is 17.7 Å². The lowest BCUT2D eigenvalue weighted by atomic mass is 10.1. The number of nitrogen functional groups attached to an aromatic ring is 1. The lowest BCUT2D eigenvalue weighted by Crippen LogP contribution is -2.30. The third-order valence-electron chi connectivity index (χ3n) is 3.38. The first-order valence-electron chi connectivity index (χ1n) is 6.61. The van der Waals surface area contributed by atoms with Crippen LogP contribution < -0.4 is 15.8 Å². The van der Waals surface area contributed by atoms with Gasteiger partial charge in [-0.3, -0.25) is 4.79 Å². The number of amides is 1. The van der Waals surface area contributed by atoms with Crippen LogP contribution in [0.4, 0.5) is 5.69 Å². The molecule has 0 aromatic heterocycles. The van der Waals surface area contributed by atoms with Gasteiger partial charge in [-0.05, 0) is 36.6 Å². The number of hydrogen-bond acceptors (Lipinski definition) is 3. The van der Waals surface area contributed by atoms with Crippen LogP contribution in [0.15, 0.2) is 24.3 Å². The van der Waals surface area contributed by atoms with E-state index in [0.717, 1.165) is 18.4 Å². The molecule has 4 nitrogen and oxygen atoms in total. The average molecular weight is 260 g/mol. The number of carbonyl (C=O) groups is 1. The Morgan fingerprint density at radius 2 is 2.16 bits per heavy atom. The SMILES string of the molecule is COc1ccc(/C=C/C(=O)NC2CCCC2)cc1N. The average Bonchev–Trinajstić information content (AvgIpc) is 2.89. The number of rotatable bonds is 4. The third-order valence-corrected chi connectivity index (χ3v) is 3.38. The van der Waals surface area contributed by atoms with E-state index in [4.69, 9.17) is 10.5 Å². The standard InChI is InChI=1S/C15H20N2O2/c1-19-14-8-6-11(10-13(14)16)7-9-15(18)17-12-4-2-3-5-12/h6-10,12H,2-5,16H2,1H3,(H,17,18)/b9-7+. The van der Waals surface area contributed by atoms with Gasteiger partial charge in [0.2, 0.25) is 5.91 Å². The minimum Gasteiger partial charge on any atom is -0.495 e. The van der Waals surface area contributed by atoms with Gasteiger partial charge in [0.25, 0.3) is 0 Å². The van der Waals surface area contributed by atoms with E-state index in [1.165, 1.54) is 12.8 Å². The lowest BCUT2D eigenvalue weighted by molar-refractivity contribution is -0.117. The molecule has 0 radical (unpaired) electrons. The molecule has 0 spiro atoms. The van der Waals surface area contributed by atoms with Crippen LogP contribution in [-0.4, -0.2) is 19.1 Å². The Hall–Kier alpha value is -1.97. The Balaban J connectivity index is 1.93. The quantitative estimate of drug-likeness (QED) is 0.645. The van der Waals surface area contributed by atoms with Crippen LogP contribution in [0.5, 0.6) is 5.75 Å². The van der Waals surface area contributed by atoms with Crippen LogP contribution in [0.1, 0.15) is 31.2 Å². The van der Waals surface area contributed by atoms with Crippen LogP contribution >= 0.6 is 0 Å². The van der Waals surface area contributed by atoms with Crippen molar-refractivity contribution in [2.75, 3.05) is 12.8 Å². The van der Waals surface area contributed by atoms with E-state index in [9.17, 15) is 4.79 Å². The van der Waals surface area contributed by atoms with Gasteiger partial charge < -0.3 is 15.8 Å². The summed E-state index contributed by atoms with van der Waals surface area (Å²) in [5.74, 6) is 0.605. The number of hydrogen-bond donors (Lipinski definition) is 2. The third kappa shape index (κ3) is 3.74. The van der Waals surface area contributed by atoms with Crippen molar-refractivity contribution in [2.45, 2.75) is 31.7 Å². The number of ether oxygens (including phenoxy) is 1. The van der Waals surface area contributed by atoms with Gasteiger partial charge in [-0.1, -0.05) is 18.9 Å². The van der Waals surface area contributed by atoms with E-state index < -0.39 is 0 Å². The first kappa shape index (κ1) is 13.5. The van der Waals surface area contributed by atoms with Crippen molar-refractivity contribution in [2.24, 2.45) is 0 Å². The highest BCUT2D eigenvalue weighted by Crippen LogP contribution is 2.22. The fourth-order valence-electron chi connectivity index (χ4n) is 2.35. The second kappa shape index (κ2) is 6.27. The maximum absolute atomic E-state index is 11.7. The summed E-state index contributed by atoms with van der Waals surface area (Å²) in [4.78, 5) is 11.7. The maximum atomic E-state index is 11.7. The largest absolute Gasteiger partial charge is 0.495 e. The Labute approximate surface area is 113 Å². The molecule has 102 valence electrons. The van der Waals surface area contributed by atoms with Gasteiger partial charge in [0.15, 0.2) is 0 Å². The second-order valence-corrected chi connectivity index (χ2v) is 4.82. The van der Waals surface area contributed by atoms with Crippen LogP contribution in [0.25, 0.3) is 6.08 Å². The number of nitrogens with two attached hydrogens (primary N) is 1. The Morgan fingerprint density at radius 1 is 1.42 bits per heavy atom. The van der Waals surface area contributed by atoms with Crippen molar-refractivity contribution < 1.29 is 9.53 Å². The minimum absolute atomic E-state index is 0.0405. The molecule has 1 aliphatic carbocycles.